The molecule has 3 fully saturated rings. The molecule has 2 aliphatic heterocycles. The molecule has 5 rings (SSSR count). The van der Waals surface area contributed by atoms with Crippen LogP contribution in [0.5, 0.6) is 0 Å². The maximum atomic E-state index is 13.9. The largest absolute Gasteiger partial charge is 0.444 e. The SMILES string of the molecule is CC(=O)N[C@@H]1C[C@H](NC(C)(C)C)CC[C@@H]1N1CCC(Nc2nc(NC3CCN(C(=O)OC(C)(C)C)CC3)nc3ccc(C(F)(F)F)cc23)C1=O. The molecule has 50 heavy (non-hydrogen) atoms. The van der Waals surface area contributed by atoms with E-state index in [9.17, 15) is 27.6 Å². The Kier molecular flexibility index (Phi) is 10.8. The minimum atomic E-state index is -4.58. The monoisotopic (exact) mass is 704 g/mol. The summed E-state index contributed by atoms with van der Waals surface area (Å²) in [5.41, 5.74) is -1.25. The maximum absolute atomic E-state index is 13.9. The first-order valence-corrected chi connectivity index (χ1v) is 17.5. The van der Waals surface area contributed by atoms with Crippen LogP contribution in [0, 0.1) is 0 Å². The van der Waals surface area contributed by atoms with Gasteiger partial charge in [-0.25, -0.2) is 9.78 Å². The van der Waals surface area contributed by atoms with E-state index in [2.05, 4.69) is 52.0 Å². The van der Waals surface area contributed by atoms with Gasteiger partial charge in [0.15, 0.2) is 0 Å². The number of anilines is 2. The minimum Gasteiger partial charge on any atom is -0.444 e. The second-order valence-corrected chi connectivity index (χ2v) is 15.8. The zero-order valence-electron chi connectivity index (χ0n) is 30.0. The van der Waals surface area contributed by atoms with Crippen LogP contribution in [-0.4, -0.2) is 98.7 Å². The van der Waals surface area contributed by atoms with Gasteiger partial charge in [0.2, 0.25) is 17.8 Å². The molecule has 2 aromatic rings. The molecule has 3 amide bonds. The lowest BCUT2D eigenvalue weighted by molar-refractivity contribution is -0.137. The Hall–Kier alpha value is -3.88. The van der Waals surface area contributed by atoms with Crippen LogP contribution in [0.15, 0.2) is 18.2 Å². The molecule has 2 saturated heterocycles. The normalized spacial score (nSPS) is 24.0. The van der Waals surface area contributed by atoms with Gasteiger partial charge < -0.3 is 35.8 Å². The standard InChI is InChI=1S/C35H51F3N8O4/c1-20(47)39-27-19-23(44-33(2,3)4)9-11-28(27)46-17-14-26(30(46)48)41-29-24-18-21(35(36,37)38)8-10-25(24)42-31(43-29)40-22-12-15-45(16-13-22)32(49)50-34(5,6)7/h8,10,18,22-23,26-28,44H,9,11-17,19H2,1-7H3,(H,39,47)(H2,40,41,42,43)/t23-,26?,27-,28+/m1/s1. The molecular weight excluding hydrogens is 653 g/mol. The summed E-state index contributed by atoms with van der Waals surface area (Å²) < 4.78 is 46.8. The molecule has 0 spiro atoms. The lowest BCUT2D eigenvalue weighted by Crippen LogP contribution is -2.59. The highest BCUT2D eigenvalue weighted by Crippen LogP contribution is 2.35. The van der Waals surface area contributed by atoms with Crippen molar-refractivity contribution < 1.29 is 32.3 Å². The van der Waals surface area contributed by atoms with Gasteiger partial charge in [-0.3, -0.25) is 9.59 Å². The number of hydrogen-bond donors (Lipinski definition) is 4. The number of aromatic nitrogens is 2. The molecule has 1 aromatic carbocycles. The van der Waals surface area contributed by atoms with Crippen LogP contribution >= 0.6 is 0 Å². The zero-order chi connectivity index (χ0) is 36.6. The molecule has 276 valence electrons. The van der Waals surface area contributed by atoms with Crippen LogP contribution in [0.4, 0.5) is 29.7 Å². The number of benzene rings is 1. The van der Waals surface area contributed by atoms with Crippen molar-refractivity contribution in [2.45, 2.75) is 135 Å². The van der Waals surface area contributed by atoms with E-state index >= 15 is 0 Å². The molecule has 12 nitrogen and oxygen atoms in total. The molecule has 1 saturated carbocycles. The van der Waals surface area contributed by atoms with Crippen molar-refractivity contribution in [3.63, 3.8) is 0 Å². The van der Waals surface area contributed by atoms with E-state index in [-0.39, 0.29) is 64.8 Å². The van der Waals surface area contributed by atoms with Gasteiger partial charge in [0.1, 0.15) is 17.5 Å². The van der Waals surface area contributed by atoms with Crippen LogP contribution in [0.25, 0.3) is 10.9 Å². The first kappa shape index (κ1) is 37.4. The van der Waals surface area contributed by atoms with Crippen LogP contribution in [0.3, 0.4) is 0 Å². The number of likely N-dealkylation sites (tertiary alicyclic amines) is 2. The Morgan fingerprint density at radius 2 is 1.60 bits per heavy atom. The number of carbonyl (C=O) groups excluding carboxylic acids is 3. The van der Waals surface area contributed by atoms with E-state index in [0.717, 1.165) is 18.6 Å². The fraction of sp³-hybridized carbons (Fsp3) is 0.686. The highest BCUT2D eigenvalue weighted by atomic mass is 19.4. The average Bonchev–Trinajstić information content (AvgIpc) is 3.34. The average molecular weight is 705 g/mol. The molecule has 15 heteroatoms. The number of alkyl halides is 3. The summed E-state index contributed by atoms with van der Waals surface area (Å²) in [5, 5.41) is 13.3. The van der Waals surface area contributed by atoms with Crippen molar-refractivity contribution in [1.82, 2.24) is 30.4 Å². The summed E-state index contributed by atoms with van der Waals surface area (Å²) >= 11 is 0. The number of halogens is 3. The number of nitrogens with zero attached hydrogens (tertiary/aromatic N) is 4. The zero-order valence-corrected chi connectivity index (χ0v) is 30.0. The molecular formula is C35H51F3N8O4. The lowest BCUT2D eigenvalue weighted by atomic mass is 9.84. The molecule has 0 bridgehead atoms. The van der Waals surface area contributed by atoms with Crippen LogP contribution in [0.1, 0.15) is 92.6 Å². The number of carbonyl (C=O) groups is 3. The number of fused-ring (bicyclic) bond motifs is 1. The van der Waals surface area contributed by atoms with E-state index in [1.54, 1.807) is 9.80 Å². The Labute approximate surface area is 291 Å². The molecule has 1 aliphatic carbocycles. The van der Waals surface area contributed by atoms with Crippen molar-refractivity contribution in [1.29, 1.82) is 0 Å². The van der Waals surface area contributed by atoms with Gasteiger partial charge in [-0.2, -0.15) is 18.2 Å². The molecule has 0 radical (unpaired) electrons. The van der Waals surface area contributed by atoms with Gasteiger partial charge in [0.25, 0.3) is 0 Å². The summed E-state index contributed by atoms with van der Waals surface area (Å²) in [7, 11) is 0. The maximum Gasteiger partial charge on any atom is 0.416 e. The quantitative estimate of drug-likeness (QED) is 0.303. The number of piperidine rings is 1. The van der Waals surface area contributed by atoms with Crippen LogP contribution < -0.4 is 21.3 Å². The number of hydrogen-bond acceptors (Lipinski definition) is 9. The Morgan fingerprint density at radius 1 is 0.900 bits per heavy atom. The summed E-state index contributed by atoms with van der Waals surface area (Å²) in [4.78, 5) is 51.2. The lowest BCUT2D eigenvalue weighted by Gasteiger charge is -2.43. The third kappa shape index (κ3) is 9.46. The number of ether oxygens (including phenoxy) is 1. The Bertz CT molecular complexity index is 1570. The molecule has 1 unspecified atom stereocenters. The molecule has 3 aliphatic rings. The number of nitrogens with one attached hydrogen (secondary N) is 4. The first-order valence-electron chi connectivity index (χ1n) is 17.5. The van der Waals surface area contributed by atoms with Gasteiger partial charge in [0, 0.05) is 49.6 Å². The highest BCUT2D eigenvalue weighted by molar-refractivity contribution is 5.94. The van der Waals surface area contributed by atoms with Crippen LogP contribution in [-0.2, 0) is 20.5 Å². The van der Waals surface area contributed by atoms with E-state index < -0.39 is 23.4 Å². The summed E-state index contributed by atoms with van der Waals surface area (Å²) in [6, 6.07) is 2.22. The summed E-state index contributed by atoms with van der Waals surface area (Å²) in [6.45, 7) is 14.6. The highest BCUT2D eigenvalue weighted by Gasteiger charge is 2.43. The third-order valence-corrected chi connectivity index (χ3v) is 9.29. The van der Waals surface area contributed by atoms with E-state index in [0.29, 0.717) is 57.3 Å². The van der Waals surface area contributed by atoms with Crippen LogP contribution in [0.2, 0.25) is 0 Å². The Morgan fingerprint density at radius 3 is 2.22 bits per heavy atom. The van der Waals surface area contributed by atoms with E-state index in [4.69, 9.17) is 4.74 Å². The fourth-order valence-corrected chi connectivity index (χ4v) is 7.21. The van der Waals surface area contributed by atoms with Gasteiger partial charge in [-0.05, 0) is 98.3 Å². The fourth-order valence-electron chi connectivity index (χ4n) is 7.21. The van der Waals surface area contributed by atoms with E-state index in [1.165, 1.54) is 13.0 Å². The van der Waals surface area contributed by atoms with E-state index in [1.807, 2.05) is 20.8 Å². The summed E-state index contributed by atoms with van der Waals surface area (Å²) in [5.74, 6) is -0.00352. The predicted molar refractivity (Wildman–Crippen MR) is 185 cm³/mol. The smallest absolute Gasteiger partial charge is 0.416 e. The van der Waals surface area contributed by atoms with Gasteiger partial charge >= 0.3 is 12.3 Å². The predicted octanol–water partition coefficient (Wildman–Crippen LogP) is 5.29. The van der Waals surface area contributed by atoms with Gasteiger partial charge in [-0.1, -0.05) is 0 Å². The molecule has 1 aromatic heterocycles. The number of amides is 3. The van der Waals surface area contributed by atoms with Crippen molar-refractivity contribution in [3.8, 4) is 0 Å². The van der Waals surface area contributed by atoms with Crippen molar-refractivity contribution in [3.05, 3.63) is 23.8 Å². The molecule has 4 N–H and O–H groups in total. The molecule has 3 heterocycles. The second-order valence-electron chi connectivity index (χ2n) is 15.8. The second kappa shape index (κ2) is 14.4. The van der Waals surface area contributed by atoms with Crippen molar-refractivity contribution >= 4 is 40.6 Å². The Balaban J connectivity index is 1.34. The minimum absolute atomic E-state index is 0.0920. The molecule has 4 atom stereocenters. The number of rotatable bonds is 7. The van der Waals surface area contributed by atoms with Gasteiger partial charge in [0.05, 0.1) is 23.2 Å². The topological polar surface area (TPSA) is 141 Å². The van der Waals surface area contributed by atoms with Crippen molar-refractivity contribution in [2.24, 2.45) is 0 Å². The summed E-state index contributed by atoms with van der Waals surface area (Å²) in [6.07, 6.45) is -1.15. The first-order chi connectivity index (χ1) is 23.3. The third-order valence-electron chi connectivity index (χ3n) is 9.29. The van der Waals surface area contributed by atoms with Gasteiger partial charge in [-0.15, -0.1) is 0 Å². The van der Waals surface area contributed by atoms with Crippen molar-refractivity contribution in [2.75, 3.05) is 30.3 Å².